The number of nitrogens with zero attached hydrogens (tertiary/aromatic N) is 2. The Balaban J connectivity index is 1.98. The van der Waals surface area contributed by atoms with Gasteiger partial charge in [0.25, 0.3) is 0 Å². The molecule has 1 N–H and O–H groups in total. The number of anilines is 1. The van der Waals surface area contributed by atoms with Gasteiger partial charge in [-0.3, -0.25) is 9.48 Å². The fourth-order valence-electron chi connectivity index (χ4n) is 3.00. The summed E-state index contributed by atoms with van der Waals surface area (Å²) in [6.45, 7) is 13.2. The molecule has 0 saturated heterocycles. The molecule has 0 bridgehead atoms. The van der Waals surface area contributed by atoms with Crippen LogP contribution in [0.2, 0.25) is 0 Å². The fourth-order valence-corrected chi connectivity index (χ4v) is 3.98. The molecule has 148 valence electrons. The van der Waals surface area contributed by atoms with Crippen LogP contribution >= 0.6 is 11.3 Å². The first-order valence-corrected chi connectivity index (χ1v) is 10.1. The van der Waals surface area contributed by atoms with Gasteiger partial charge < -0.3 is 10.1 Å². The number of hydrogen-bond acceptors (Lipinski definition) is 5. The van der Waals surface area contributed by atoms with Gasteiger partial charge in [-0.1, -0.05) is 13.8 Å². The molecule has 7 heteroatoms. The number of aromatic nitrogens is 2. The van der Waals surface area contributed by atoms with Crippen LogP contribution in [0.25, 0.3) is 0 Å². The van der Waals surface area contributed by atoms with Crippen molar-refractivity contribution in [1.29, 1.82) is 0 Å². The Morgan fingerprint density at radius 3 is 2.63 bits per heavy atom. The van der Waals surface area contributed by atoms with Gasteiger partial charge >= 0.3 is 5.97 Å². The van der Waals surface area contributed by atoms with Crippen LogP contribution in [-0.4, -0.2) is 28.3 Å². The van der Waals surface area contributed by atoms with Crippen LogP contribution in [0.5, 0.6) is 0 Å². The fraction of sp³-hybridized carbons (Fsp3) is 0.550. The summed E-state index contributed by atoms with van der Waals surface area (Å²) in [6, 6.07) is 1.81. The van der Waals surface area contributed by atoms with Crippen LogP contribution in [0, 0.1) is 26.7 Å². The lowest BCUT2D eigenvalue weighted by atomic mass is 10.1. The van der Waals surface area contributed by atoms with Crippen molar-refractivity contribution in [3.8, 4) is 0 Å². The summed E-state index contributed by atoms with van der Waals surface area (Å²) in [7, 11) is 0. The van der Waals surface area contributed by atoms with Gasteiger partial charge in [-0.2, -0.15) is 5.10 Å². The molecule has 2 aromatic heterocycles. The summed E-state index contributed by atoms with van der Waals surface area (Å²) >= 11 is 1.25. The van der Waals surface area contributed by atoms with Crippen LogP contribution in [0.3, 0.4) is 0 Å². The summed E-state index contributed by atoms with van der Waals surface area (Å²) in [5.74, 6) is 0.112. The molecule has 0 aromatic carbocycles. The average Bonchev–Trinajstić information content (AvgIpc) is 3.05. The summed E-state index contributed by atoms with van der Waals surface area (Å²) in [5.41, 5.74) is 4.07. The van der Waals surface area contributed by atoms with Crippen LogP contribution < -0.4 is 5.32 Å². The smallest absolute Gasteiger partial charge is 0.348 e. The monoisotopic (exact) mass is 391 g/mol. The second-order valence-corrected chi connectivity index (χ2v) is 8.17. The van der Waals surface area contributed by atoms with Crippen LogP contribution in [0.4, 0.5) is 5.00 Å². The number of nitrogens with one attached hydrogen (secondary N) is 1. The standard InChI is InChI=1S/C20H29N3O3S/c1-7-26-20(25)19-13(4)10-18(27-19)21-17(24)9-8-16-14(5)22-23(15(16)6)11-12(2)3/h10,12H,7-9,11H2,1-6H3,(H,21,24). The van der Waals surface area contributed by atoms with Gasteiger partial charge in [0, 0.05) is 18.7 Å². The van der Waals surface area contributed by atoms with Gasteiger partial charge in [0.2, 0.25) is 5.91 Å². The van der Waals surface area contributed by atoms with Gasteiger partial charge in [-0.15, -0.1) is 11.3 Å². The van der Waals surface area contributed by atoms with E-state index < -0.39 is 0 Å². The van der Waals surface area contributed by atoms with E-state index in [0.29, 0.717) is 35.2 Å². The predicted molar refractivity (Wildman–Crippen MR) is 109 cm³/mol. The zero-order valence-electron chi connectivity index (χ0n) is 17.0. The molecule has 0 aliphatic heterocycles. The third-order valence-corrected chi connectivity index (χ3v) is 5.45. The second-order valence-electron chi connectivity index (χ2n) is 7.12. The summed E-state index contributed by atoms with van der Waals surface area (Å²) in [4.78, 5) is 24.8. The summed E-state index contributed by atoms with van der Waals surface area (Å²) < 4.78 is 7.07. The van der Waals surface area contributed by atoms with Gasteiger partial charge in [0.05, 0.1) is 17.3 Å². The molecule has 27 heavy (non-hydrogen) atoms. The highest BCUT2D eigenvalue weighted by atomic mass is 32.1. The molecule has 0 aliphatic rings. The molecule has 0 unspecified atom stereocenters. The number of amides is 1. The minimum Gasteiger partial charge on any atom is -0.462 e. The number of hydrogen-bond donors (Lipinski definition) is 1. The van der Waals surface area contributed by atoms with E-state index in [-0.39, 0.29) is 11.9 Å². The first kappa shape index (κ1) is 21.2. The number of carbonyl (C=O) groups is 2. The molecule has 2 rings (SSSR count). The van der Waals surface area contributed by atoms with Crippen LogP contribution in [-0.2, 0) is 22.5 Å². The number of rotatable bonds is 8. The van der Waals surface area contributed by atoms with Crippen molar-refractivity contribution in [3.63, 3.8) is 0 Å². The molecule has 2 aromatic rings. The summed E-state index contributed by atoms with van der Waals surface area (Å²) in [6.07, 6.45) is 1.03. The molecule has 2 heterocycles. The molecule has 0 radical (unpaired) electrons. The lowest BCUT2D eigenvalue weighted by molar-refractivity contribution is -0.116. The molecule has 0 fully saturated rings. The van der Waals surface area contributed by atoms with Gasteiger partial charge in [0.15, 0.2) is 0 Å². The van der Waals surface area contributed by atoms with E-state index in [1.54, 1.807) is 6.92 Å². The van der Waals surface area contributed by atoms with Crippen molar-refractivity contribution in [2.45, 2.75) is 60.9 Å². The van der Waals surface area contributed by atoms with E-state index in [1.807, 2.05) is 24.6 Å². The number of thiophene rings is 1. The van der Waals surface area contributed by atoms with E-state index in [9.17, 15) is 9.59 Å². The van der Waals surface area contributed by atoms with E-state index >= 15 is 0 Å². The maximum Gasteiger partial charge on any atom is 0.348 e. The lowest BCUT2D eigenvalue weighted by Crippen LogP contribution is -2.12. The van der Waals surface area contributed by atoms with E-state index in [4.69, 9.17) is 4.74 Å². The van der Waals surface area contributed by atoms with Gasteiger partial charge in [-0.05, 0) is 57.2 Å². The van der Waals surface area contributed by atoms with Crippen molar-refractivity contribution in [1.82, 2.24) is 9.78 Å². The molecule has 0 saturated carbocycles. The molecule has 1 amide bonds. The first-order chi connectivity index (χ1) is 12.7. The SMILES string of the molecule is CCOC(=O)c1sc(NC(=O)CCc2c(C)nn(CC(C)C)c2C)cc1C. The largest absolute Gasteiger partial charge is 0.462 e. The van der Waals surface area contributed by atoms with Crippen molar-refractivity contribution < 1.29 is 14.3 Å². The van der Waals surface area contributed by atoms with Crippen molar-refractivity contribution in [2.24, 2.45) is 5.92 Å². The van der Waals surface area contributed by atoms with Gasteiger partial charge in [0.1, 0.15) is 4.88 Å². The normalized spacial score (nSPS) is 11.1. The topological polar surface area (TPSA) is 73.2 Å². The Labute approximate surface area is 164 Å². The average molecular weight is 392 g/mol. The van der Waals surface area contributed by atoms with E-state index in [1.165, 1.54) is 11.3 Å². The minimum atomic E-state index is -0.343. The quantitative estimate of drug-likeness (QED) is 0.682. The van der Waals surface area contributed by atoms with Gasteiger partial charge in [-0.25, -0.2) is 4.79 Å². The zero-order valence-corrected chi connectivity index (χ0v) is 17.8. The number of aryl methyl sites for hydroxylation is 2. The van der Waals surface area contributed by atoms with Crippen molar-refractivity contribution in [2.75, 3.05) is 11.9 Å². The maximum absolute atomic E-state index is 12.4. The van der Waals surface area contributed by atoms with Crippen molar-refractivity contribution in [3.05, 3.63) is 33.5 Å². The van der Waals surface area contributed by atoms with E-state index in [0.717, 1.165) is 29.1 Å². The Morgan fingerprint density at radius 2 is 2.00 bits per heavy atom. The Morgan fingerprint density at radius 1 is 1.30 bits per heavy atom. The molecule has 0 atom stereocenters. The second kappa shape index (κ2) is 9.17. The minimum absolute atomic E-state index is 0.0675. The number of carbonyl (C=O) groups excluding carboxylic acids is 2. The third-order valence-electron chi connectivity index (χ3n) is 4.31. The number of ether oxygens (including phenoxy) is 1. The molecular formula is C20H29N3O3S. The molecule has 6 nitrogen and oxygen atoms in total. The van der Waals surface area contributed by atoms with Crippen LogP contribution in [0.1, 0.15) is 59.4 Å². The third kappa shape index (κ3) is 5.42. The number of esters is 1. The Kier molecular flexibility index (Phi) is 7.18. The molecular weight excluding hydrogens is 362 g/mol. The van der Waals surface area contributed by atoms with Crippen LogP contribution in [0.15, 0.2) is 6.07 Å². The summed E-state index contributed by atoms with van der Waals surface area (Å²) in [5, 5.41) is 8.16. The molecule has 0 aliphatic carbocycles. The Bertz CT molecular complexity index is 821. The van der Waals surface area contributed by atoms with E-state index in [2.05, 4.69) is 31.2 Å². The zero-order chi connectivity index (χ0) is 20.1. The highest BCUT2D eigenvalue weighted by Crippen LogP contribution is 2.27. The van der Waals surface area contributed by atoms with Crippen molar-refractivity contribution >= 4 is 28.2 Å². The molecule has 0 spiro atoms. The Hall–Kier alpha value is -2.15. The maximum atomic E-state index is 12.4. The highest BCUT2D eigenvalue weighted by molar-refractivity contribution is 7.18. The first-order valence-electron chi connectivity index (χ1n) is 9.33. The predicted octanol–water partition coefficient (Wildman–Crippen LogP) is 4.27. The highest BCUT2D eigenvalue weighted by Gasteiger charge is 2.17. The lowest BCUT2D eigenvalue weighted by Gasteiger charge is -2.08.